The van der Waals surface area contributed by atoms with Crippen molar-refractivity contribution in [3.05, 3.63) is 59.7 Å². The molecule has 0 heterocycles. The van der Waals surface area contributed by atoms with Gasteiger partial charge in [0.15, 0.2) is 0 Å². The largest absolute Gasteiger partial charge is 0.481 e. The van der Waals surface area contributed by atoms with Gasteiger partial charge in [0.2, 0.25) is 5.91 Å². The van der Waals surface area contributed by atoms with Crippen molar-refractivity contribution in [1.82, 2.24) is 10.6 Å². The molecule has 0 aromatic heterocycles. The number of nitrogens with one attached hydrogen (secondary N) is 2. The third-order valence-corrected chi connectivity index (χ3v) is 6.62. The van der Waals surface area contributed by atoms with Gasteiger partial charge in [0.05, 0.1) is 5.92 Å². The molecule has 0 spiro atoms. The number of rotatable bonds is 9. The van der Waals surface area contributed by atoms with Gasteiger partial charge in [0.25, 0.3) is 0 Å². The molecule has 2 amide bonds. The van der Waals surface area contributed by atoms with Gasteiger partial charge in [0, 0.05) is 24.9 Å². The van der Waals surface area contributed by atoms with Gasteiger partial charge in [0.1, 0.15) is 6.61 Å². The SMILES string of the molecule is O=C(O)CCCCNC(=O)C1CCCC1NC(=O)OCC1c2ccccc2-c2ccccc21. The molecule has 0 bridgehead atoms. The van der Waals surface area contributed by atoms with Crippen LogP contribution < -0.4 is 10.6 Å². The number of ether oxygens (including phenoxy) is 1. The fourth-order valence-electron chi connectivity index (χ4n) is 4.98. The van der Waals surface area contributed by atoms with Crippen molar-refractivity contribution in [2.75, 3.05) is 13.2 Å². The van der Waals surface area contributed by atoms with Crippen LogP contribution in [-0.2, 0) is 14.3 Å². The molecular formula is C26H30N2O5. The van der Waals surface area contributed by atoms with Crippen LogP contribution in [0.15, 0.2) is 48.5 Å². The zero-order chi connectivity index (χ0) is 23.2. The molecule has 0 radical (unpaired) electrons. The highest BCUT2D eigenvalue weighted by Crippen LogP contribution is 2.44. The maximum Gasteiger partial charge on any atom is 0.407 e. The molecule has 2 aromatic carbocycles. The van der Waals surface area contributed by atoms with E-state index < -0.39 is 12.1 Å². The minimum absolute atomic E-state index is 0.00312. The van der Waals surface area contributed by atoms with Crippen molar-refractivity contribution in [1.29, 1.82) is 0 Å². The lowest BCUT2D eigenvalue weighted by atomic mass is 9.98. The molecule has 3 N–H and O–H groups in total. The molecule has 1 fully saturated rings. The Morgan fingerprint density at radius 3 is 2.27 bits per heavy atom. The fraction of sp³-hybridized carbons (Fsp3) is 0.423. The van der Waals surface area contributed by atoms with E-state index in [0.29, 0.717) is 19.4 Å². The van der Waals surface area contributed by atoms with Crippen LogP contribution in [0.1, 0.15) is 55.6 Å². The molecule has 2 aromatic rings. The molecule has 2 aliphatic rings. The number of aliphatic carboxylic acids is 1. The standard InChI is InChI=1S/C26H30N2O5/c29-24(30)14-5-6-15-27-25(31)21-12-7-13-23(21)28-26(32)33-16-22-19-10-3-1-8-17(19)18-9-2-4-11-20(18)22/h1-4,8-11,21-23H,5-7,12-16H2,(H,27,31)(H,28,32)(H,29,30). The van der Waals surface area contributed by atoms with Crippen molar-refractivity contribution in [3.63, 3.8) is 0 Å². The Balaban J connectivity index is 1.28. The Morgan fingerprint density at radius 2 is 1.61 bits per heavy atom. The summed E-state index contributed by atoms with van der Waals surface area (Å²) in [6, 6.07) is 16.1. The number of alkyl carbamates (subject to hydrolysis) is 1. The van der Waals surface area contributed by atoms with Gasteiger partial charge < -0.3 is 20.5 Å². The van der Waals surface area contributed by atoms with E-state index in [9.17, 15) is 14.4 Å². The lowest BCUT2D eigenvalue weighted by Gasteiger charge is -2.21. The summed E-state index contributed by atoms with van der Waals surface area (Å²) in [4.78, 5) is 35.7. The second kappa shape index (κ2) is 10.5. The number of carboxylic acid groups (broad SMARTS) is 1. The van der Waals surface area contributed by atoms with Crippen molar-refractivity contribution in [2.45, 2.75) is 50.5 Å². The lowest BCUT2D eigenvalue weighted by molar-refractivity contribution is -0.137. The van der Waals surface area contributed by atoms with Gasteiger partial charge in [-0.2, -0.15) is 0 Å². The minimum Gasteiger partial charge on any atom is -0.481 e. The first kappa shape index (κ1) is 22.8. The summed E-state index contributed by atoms with van der Waals surface area (Å²) in [6.07, 6.45) is 3.08. The number of fused-ring (bicyclic) bond motifs is 3. The van der Waals surface area contributed by atoms with Gasteiger partial charge in [-0.3, -0.25) is 9.59 Å². The maximum absolute atomic E-state index is 12.6. The van der Waals surface area contributed by atoms with Crippen molar-refractivity contribution >= 4 is 18.0 Å². The molecule has 4 rings (SSSR count). The van der Waals surface area contributed by atoms with Gasteiger partial charge in [-0.15, -0.1) is 0 Å². The monoisotopic (exact) mass is 450 g/mol. The summed E-state index contributed by atoms with van der Waals surface area (Å²) >= 11 is 0. The fourth-order valence-corrected chi connectivity index (χ4v) is 4.98. The Kier molecular flexibility index (Phi) is 7.27. The minimum atomic E-state index is -0.829. The third kappa shape index (κ3) is 5.35. The zero-order valence-corrected chi connectivity index (χ0v) is 18.6. The van der Waals surface area contributed by atoms with Crippen LogP contribution in [0.2, 0.25) is 0 Å². The number of amides is 2. The van der Waals surface area contributed by atoms with Crippen LogP contribution in [0.25, 0.3) is 11.1 Å². The van der Waals surface area contributed by atoms with Gasteiger partial charge >= 0.3 is 12.1 Å². The van der Waals surface area contributed by atoms with Crippen LogP contribution in [0.5, 0.6) is 0 Å². The normalized spacial score (nSPS) is 18.9. The highest BCUT2D eigenvalue weighted by molar-refractivity contribution is 5.81. The van der Waals surface area contributed by atoms with E-state index in [-0.39, 0.29) is 36.8 Å². The summed E-state index contributed by atoms with van der Waals surface area (Å²) in [5.74, 6) is -1.21. The summed E-state index contributed by atoms with van der Waals surface area (Å²) in [5.41, 5.74) is 4.68. The average molecular weight is 451 g/mol. The summed E-state index contributed by atoms with van der Waals surface area (Å²) in [6.45, 7) is 0.688. The summed E-state index contributed by atoms with van der Waals surface area (Å²) < 4.78 is 5.63. The Hall–Kier alpha value is -3.35. The van der Waals surface area contributed by atoms with E-state index in [0.717, 1.165) is 30.4 Å². The molecule has 7 heteroatoms. The molecule has 0 aliphatic heterocycles. The topological polar surface area (TPSA) is 105 Å². The third-order valence-electron chi connectivity index (χ3n) is 6.62. The predicted octanol–water partition coefficient (Wildman–Crippen LogP) is 4.06. The predicted molar refractivity (Wildman–Crippen MR) is 124 cm³/mol. The molecule has 2 unspecified atom stereocenters. The van der Waals surface area contributed by atoms with Crippen LogP contribution in [-0.4, -0.2) is 42.3 Å². The number of hydrogen-bond acceptors (Lipinski definition) is 4. The average Bonchev–Trinajstić information content (AvgIpc) is 3.39. The first-order chi connectivity index (χ1) is 16.0. The van der Waals surface area contributed by atoms with Gasteiger partial charge in [-0.25, -0.2) is 4.79 Å². The molecule has 1 saturated carbocycles. The quantitative estimate of drug-likeness (QED) is 0.500. The molecule has 33 heavy (non-hydrogen) atoms. The highest BCUT2D eigenvalue weighted by atomic mass is 16.5. The second-order valence-electron chi connectivity index (χ2n) is 8.76. The zero-order valence-electron chi connectivity index (χ0n) is 18.6. The number of carboxylic acids is 1. The van der Waals surface area contributed by atoms with Crippen LogP contribution in [0.3, 0.4) is 0 Å². The lowest BCUT2D eigenvalue weighted by Crippen LogP contribution is -2.44. The first-order valence-electron chi connectivity index (χ1n) is 11.7. The van der Waals surface area contributed by atoms with E-state index in [4.69, 9.17) is 9.84 Å². The maximum atomic E-state index is 12.6. The molecule has 174 valence electrons. The second-order valence-corrected chi connectivity index (χ2v) is 8.76. The van der Waals surface area contributed by atoms with Crippen molar-refractivity contribution in [3.8, 4) is 11.1 Å². The van der Waals surface area contributed by atoms with Crippen LogP contribution >= 0.6 is 0 Å². The Bertz CT molecular complexity index is 976. The van der Waals surface area contributed by atoms with Gasteiger partial charge in [-0.1, -0.05) is 55.0 Å². The van der Waals surface area contributed by atoms with E-state index in [2.05, 4.69) is 34.9 Å². The first-order valence-corrected chi connectivity index (χ1v) is 11.7. The van der Waals surface area contributed by atoms with E-state index in [1.54, 1.807) is 0 Å². The Morgan fingerprint density at radius 1 is 0.939 bits per heavy atom. The highest BCUT2D eigenvalue weighted by Gasteiger charge is 2.35. The van der Waals surface area contributed by atoms with Gasteiger partial charge in [-0.05, 0) is 47.9 Å². The number of unbranched alkanes of at least 4 members (excludes halogenated alkanes) is 1. The molecular weight excluding hydrogens is 420 g/mol. The van der Waals surface area contributed by atoms with E-state index >= 15 is 0 Å². The Labute approximate surface area is 193 Å². The summed E-state index contributed by atoms with van der Waals surface area (Å²) in [7, 11) is 0. The van der Waals surface area contributed by atoms with Crippen molar-refractivity contribution < 1.29 is 24.2 Å². The number of hydrogen-bond donors (Lipinski definition) is 3. The smallest absolute Gasteiger partial charge is 0.407 e. The molecule has 2 aliphatic carbocycles. The van der Waals surface area contributed by atoms with E-state index in [1.807, 2.05) is 24.3 Å². The molecule has 2 atom stereocenters. The number of carbonyl (C=O) groups is 3. The van der Waals surface area contributed by atoms with E-state index in [1.165, 1.54) is 11.1 Å². The molecule has 0 saturated heterocycles. The van der Waals surface area contributed by atoms with Crippen molar-refractivity contribution in [2.24, 2.45) is 5.92 Å². The summed E-state index contributed by atoms with van der Waals surface area (Å²) in [5, 5.41) is 14.5. The number of carbonyl (C=O) groups excluding carboxylic acids is 2. The van der Waals surface area contributed by atoms with Crippen LogP contribution in [0, 0.1) is 5.92 Å². The number of benzene rings is 2. The van der Waals surface area contributed by atoms with Crippen LogP contribution in [0.4, 0.5) is 4.79 Å². The molecule has 7 nitrogen and oxygen atoms in total.